The Morgan fingerprint density at radius 1 is 1.50 bits per heavy atom. The van der Waals surface area contributed by atoms with Gasteiger partial charge < -0.3 is 0 Å². The standard InChI is InChI=1S/C9H12BrClN2O2S/c1-9(2,6-11)13-16(14,15)8-3-7(10)4-12-5-8/h3-5,13H,6H2,1-2H3. The molecular formula is C9H12BrClN2O2S. The molecule has 0 atom stereocenters. The monoisotopic (exact) mass is 326 g/mol. The van der Waals surface area contributed by atoms with Crippen molar-refractivity contribution >= 4 is 37.6 Å². The zero-order chi connectivity index (χ0) is 12.4. The summed E-state index contributed by atoms with van der Waals surface area (Å²) in [7, 11) is -3.58. The van der Waals surface area contributed by atoms with Crippen LogP contribution in [0.5, 0.6) is 0 Å². The van der Waals surface area contributed by atoms with Gasteiger partial charge in [0.25, 0.3) is 0 Å². The summed E-state index contributed by atoms with van der Waals surface area (Å²) in [6.45, 7) is 3.42. The van der Waals surface area contributed by atoms with Crippen molar-refractivity contribution < 1.29 is 8.42 Å². The van der Waals surface area contributed by atoms with E-state index in [-0.39, 0.29) is 10.8 Å². The molecule has 0 radical (unpaired) electrons. The SMILES string of the molecule is CC(C)(CCl)NS(=O)(=O)c1cncc(Br)c1. The molecule has 1 N–H and O–H groups in total. The highest BCUT2D eigenvalue weighted by atomic mass is 79.9. The molecule has 7 heteroatoms. The molecule has 0 aromatic carbocycles. The summed E-state index contributed by atoms with van der Waals surface area (Å²) in [5.41, 5.74) is -0.692. The summed E-state index contributed by atoms with van der Waals surface area (Å²) in [5.74, 6) is 0.188. The molecular weight excluding hydrogens is 316 g/mol. The van der Waals surface area contributed by atoms with Gasteiger partial charge in [0.15, 0.2) is 0 Å². The molecule has 16 heavy (non-hydrogen) atoms. The lowest BCUT2D eigenvalue weighted by Crippen LogP contribution is -2.44. The van der Waals surface area contributed by atoms with Crippen LogP contribution in [-0.4, -0.2) is 24.8 Å². The highest BCUT2D eigenvalue weighted by molar-refractivity contribution is 9.10. The number of nitrogens with zero attached hydrogens (tertiary/aromatic N) is 1. The van der Waals surface area contributed by atoms with E-state index in [0.717, 1.165) is 0 Å². The zero-order valence-corrected chi connectivity index (χ0v) is 12.0. The van der Waals surface area contributed by atoms with E-state index in [4.69, 9.17) is 11.6 Å². The Bertz CT molecular complexity index is 476. The lowest BCUT2D eigenvalue weighted by atomic mass is 10.1. The smallest absolute Gasteiger partial charge is 0.242 e. The first-order valence-electron chi connectivity index (χ1n) is 4.47. The molecule has 0 spiro atoms. The van der Waals surface area contributed by atoms with Crippen molar-refractivity contribution in [2.24, 2.45) is 0 Å². The Morgan fingerprint density at radius 3 is 2.62 bits per heavy atom. The number of alkyl halides is 1. The molecule has 1 rings (SSSR count). The van der Waals surface area contributed by atoms with Gasteiger partial charge in [0.2, 0.25) is 10.0 Å². The first kappa shape index (κ1) is 13.9. The van der Waals surface area contributed by atoms with Crippen molar-refractivity contribution in [1.29, 1.82) is 0 Å². The highest BCUT2D eigenvalue weighted by Crippen LogP contribution is 2.16. The number of hydrogen-bond acceptors (Lipinski definition) is 3. The minimum atomic E-state index is -3.58. The Hall–Kier alpha value is -0.170. The fraction of sp³-hybridized carbons (Fsp3) is 0.444. The van der Waals surface area contributed by atoms with Gasteiger partial charge in [-0.25, -0.2) is 13.1 Å². The van der Waals surface area contributed by atoms with Crippen LogP contribution >= 0.6 is 27.5 Å². The van der Waals surface area contributed by atoms with Crippen LogP contribution in [0, 0.1) is 0 Å². The molecule has 0 bridgehead atoms. The predicted molar refractivity (Wildman–Crippen MR) is 67.1 cm³/mol. The second kappa shape index (κ2) is 5.00. The second-order valence-corrected chi connectivity index (χ2v) is 6.83. The lowest BCUT2D eigenvalue weighted by molar-refractivity contribution is 0.496. The molecule has 0 saturated heterocycles. The van der Waals surface area contributed by atoms with Gasteiger partial charge in [-0.3, -0.25) is 4.98 Å². The van der Waals surface area contributed by atoms with Crippen LogP contribution in [0.1, 0.15) is 13.8 Å². The summed E-state index contributed by atoms with van der Waals surface area (Å²) >= 11 is 8.84. The summed E-state index contributed by atoms with van der Waals surface area (Å²) in [5, 5.41) is 0. The van der Waals surface area contributed by atoms with Crippen LogP contribution in [-0.2, 0) is 10.0 Å². The van der Waals surface area contributed by atoms with Gasteiger partial charge in [0.1, 0.15) is 4.90 Å². The van der Waals surface area contributed by atoms with E-state index in [2.05, 4.69) is 25.6 Å². The molecule has 0 unspecified atom stereocenters. The van der Waals surface area contributed by atoms with E-state index in [9.17, 15) is 8.42 Å². The summed E-state index contributed by atoms with van der Waals surface area (Å²) in [6, 6.07) is 1.49. The van der Waals surface area contributed by atoms with Gasteiger partial charge in [0.05, 0.1) is 0 Å². The highest BCUT2D eigenvalue weighted by Gasteiger charge is 2.25. The predicted octanol–water partition coefficient (Wildman–Crippen LogP) is 2.14. The maximum Gasteiger partial charge on any atom is 0.242 e. The zero-order valence-electron chi connectivity index (χ0n) is 8.87. The van der Waals surface area contributed by atoms with Gasteiger partial charge in [-0.1, -0.05) is 0 Å². The van der Waals surface area contributed by atoms with Crippen molar-refractivity contribution in [3.8, 4) is 0 Å². The minimum absolute atomic E-state index is 0.111. The molecule has 0 aliphatic rings. The third-order valence-corrected chi connectivity index (χ3v) is 4.50. The average molecular weight is 328 g/mol. The van der Waals surface area contributed by atoms with Crippen molar-refractivity contribution in [2.75, 3.05) is 5.88 Å². The molecule has 90 valence electrons. The Kier molecular flexibility index (Phi) is 4.34. The maximum atomic E-state index is 11.9. The topological polar surface area (TPSA) is 59.1 Å². The molecule has 0 amide bonds. The quantitative estimate of drug-likeness (QED) is 0.862. The van der Waals surface area contributed by atoms with Crippen molar-refractivity contribution in [3.05, 3.63) is 22.9 Å². The Morgan fingerprint density at radius 2 is 2.12 bits per heavy atom. The van der Waals surface area contributed by atoms with E-state index >= 15 is 0 Å². The molecule has 1 aromatic rings. The molecule has 4 nitrogen and oxygen atoms in total. The number of hydrogen-bond donors (Lipinski definition) is 1. The molecule has 0 aliphatic carbocycles. The normalized spacial score (nSPS) is 12.8. The van der Waals surface area contributed by atoms with Gasteiger partial charge >= 0.3 is 0 Å². The first-order valence-corrected chi connectivity index (χ1v) is 7.28. The maximum absolute atomic E-state index is 11.9. The van der Waals surface area contributed by atoms with Gasteiger partial charge in [-0.2, -0.15) is 0 Å². The van der Waals surface area contributed by atoms with Crippen molar-refractivity contribution in [3.63, 3.8) is 0 Å². The third-order valence-electron chi connectivity index (χ3n) is 1.73. The van der Waals surface area contributed by atoms with Gasteiger partial charge in [-0.05, 0) is 35.8 Å². The number of sulfonamides is 1. The second-order valence-electron chi connectivity index (χ2n) is 3.96. The Balaban J connectivity index is 3.04. The Labute approximate surface area is 109 Å². The molecule has 0 fully saturated rings. The van der Waals surface area contributed by atoms with Crippen LogP contribution in [0.3, 0.4) is 0 Å². The van der Waals surface area contributed by atoms with Crippen LogP contribution in [0.15, 0.2) is 27.8 Å². The van der Waals surface area contributed by atoms with Crippen LogP contribution in [0.4, 0.5) is 0 Å². The number of aromatic nitrogens is 1. The fourth-order valence-electron chi connectivity index (χ4n) is 0.989. The van der Waals surface area contributed by atoms with Crippen molar-refractivity contribution in [1.82, 2.24) is 9.71 Å². The van der Waals surface area contributed by atoms with Crippen molar-refractivity contribution in [2.45, 2.75) is 24.3 Å². The number of halogens is 2. The van der Waals surface area contributed by atoms with E-state index in [0.29, 0.717) is 4.47 Å². The number of pyridine rings is 1. The van der Waals surface area contributed by atoms with Crippen LogP contribution in [0.25, 0.3) is 0 Å². The summed E-state index contributed by atoms with van der Waals surface area (Å²) in [6.07, 6.45) is 2.81. The fourth-order valence-corrected chi connectivity index (χ4v) is 3.05. The summed E-state index contributed by atoms with van der Waals surface area (Å²) in [4.78, 5) is 3.92. The largest absolute Gasteiger partial charge is 0.262 e. The number of nitrogens with one attached hydrogen (secondary N) is 1. The third kappa shape index (κ3) is 3.69. The molecule has 1 heterocycles. The molecule has 0 aliphatic heterocycles. The first-order chi connectivity index (χ1) is 7.27. The van der Waals surface area contributed by atoms with Gasteiger partial charge in [0, 0.05) is 28.3 Å². The minimum Gasteiger partial charge on any atom is -0.262 e. The summed E-state index contributed by atoms with van der Waals surface area (Å²) < 4.78 is 27.0. The van der Waals surface area contributed by atoms with E-state index in [1.807, 2.05) is 0 Å². The van der Waals surface area contributed by atoms with Gasteiger partial charge in [-0.15, -0.1) is 11.6 Å². The van der Waals surface area contributed by atoms with E-state index in [1.54, 1.807) is 13.8 Å². The molecule has 0 saturated carbocycles. The van der Waals surface area contributed by atoms with Crippen LogP contribution in [0.2, 0.25) is 0 Å². The number of rotatable bonds is 4. The van der Waals surface area contributed by atoms with E-state index in [1.165, 1.54) is 18.5 Å². The van der Waals surface area contributed by atoms with E-state index < -0.39 is 15.6 Å². The average Bonchev–Trinajstić information content (AvgIpc) is 2.16. The van der Waals surface area contributed by atoms with Crippen LogP contribution < -0.4 is 4.72 Å². The lowest BCUT2D eigenvalue weighted by Gasteiger charge is -2.22. The molecule has 1 aromatic heterocycles.